The first-order valence-electron chi connectivity index (χ1n) is 15.1. The average molecular weight is 588 g/mol. The molecule has 1 fully saturated rings. The quantitative estimate of drug-likeness (QED) is 0.353. The summed E-state index contributed by atoms with van der Waals surface area (Å²) >= 11 is 1.23. The number of benzene rings is 1. The summed E-state index contributed by atoms with van der Waals surface area (Å²) in [6.07, 6.45) is 5.93. The molecule has 1 aliphatic carbocycles. The van der Waals surface area contributed by atoms with Gasteiger partial charge < -0.3 is 23.7 Å². The smallest absolute Gasteiger partial charge is 0.339 e. The predicted molar refractivity (Wildman–Crippen MR) is 158 cm³/mol. The first kappa shape index (κ1) is 30.2. The van der Waals surface area contributed by atoms with E-state index in [1.165, 1.54) is 17.3 Å². The summed E-state index contributed by atoms with van der Waals surface area (Å²) < 4.78 is 30.6. The maximum Gasteiger partial charge on any atom is 0.339 e. The molecule has 0 amide bonds. The molecule has 4 aliphatic rings. The zero-order chi connectivity index (χ0) is 29.4. The number of ether oxygens (including phenoxy) is 5. The molecule has 9 heteroatoms. The minimum absolute atomic E-state index is 0.00747. The SMILES string of the molecule is CCSC(=O)C[C@]1(C(=O)OC2C(OC)=CCC3(CC)C2c2cc4c(cc2CCN3CC)OCO4)CCCC(C)(C)O1. The monoisotopic (exact) mass is 587 g/mol. The highest BCUT2D eigenvalue weighted by molar-refractivity contribution is 8.13. The summed E-state index contributed by atoms with van der Waals surface area (Å²) in [7, 11) is 1.64. The Labute approximate surface area is 248 Å². The van der Waals surface area contributed by atoms with Gasteiger partial charge >= 0.3 is 5.97 Å². The predicted octanol–water partition coefficient (Wildman–Crippen LogP) is 5.76. The van der Waals surface area contributed by atoms with Crippen LogP contribution in [0.2, 0.25) is 0 Å². The van der Waals surface area contributed by atoms with E-state index in [1.54, 1.807) is 7.11 Å². The van der Waals surface area contributed by atoms with Crippen LogP contribution in [0, 0.1) is 0 Å². The van der Waals surface area contributed by atoms with Crippen LogP contribution in [0.15, 0.2) is 24.0 Å². The van der Waals surface area contributed by atoms with Crippen LogP contribution in [0.25, 0.3) is 0 Å². The second-order valence-corrected chi connectivity index (χ2v) is 13.5. The summed E-state index contributed by atoms with van der Waals surface area (Å²) in [5, 5.41) is -0.0547. The van der Waals surface area contributed by atoms with Crippen molar-refractivity contribution in [1.82, 2.24) is 4.90 Å². The number of fused-ring (bicyclic) bond motifs is 4. The van der Waals surface area contributed by atoms with Gasteiger partial charge in [0, 0.05) is 18.0 Å². The topological polar surface area (TPSA) is 83.5 Å². The van der Waals surface area contributed by atoms with Gasteiger partial charge in [0.1, 0.15) is 5.76 Å². The molecule has 3 heterocycles. The number of nitrogens with zero attached hydrogens (tertiary/aromatic N) is 1. The van der Waals surface area contributed by atoms with Gasteiger partial charge in [0.25, 0.3) is 0 Å². The van der Waals surface area contributed by atoms with Crippen molar-refractivity contribution < 1.29 is 33.3 Å². The number of methoxy groups -OCH3 is 1. The maximum atomic E-state index is 14.4. The Bertz CT molecular complexity index is 1200. The molecular formula is C32H45NO7S. The number of carbonyl (C=O) groups is 2. The number of likely N-dealkylation sites (N-methyl/N-ethyl adjacent to an activating group) is 1. The highest BCUT2D eigenvalue weighted by Gasteiger charge is 2.56. The van der Waals surface area contributed by atoms with Crippen LogP contribution in [-0.2, 0) is 30.2 Å². The van der Waals surface area contributed by atoms with Gasteiger partial charge in [0.2, 0.25) is 6.79 Å². The highest BCUT2D eigenvalue weighted by Crippen LogP contribution is 2.53. The molecule has 3 aliphatic heterocycles. The maximum absolute atomic E-state index is 14.4. The van der Waals surface area contributed by atoms with Crippen LogP contribution in [0.5, 0.6) is 11.5 Å². The van der Waals surface area contributed by atoms with E-state index in [2.05, 4.69) is 37.0 Å². The molecular weight excluding hydrogens is 542 g/mol. The lowest BCUT2D eigenvalue weighted by Crippen LogP contribution is -2.59. The fourth-order valence-electron chi connectivity index (χ4n) is 7.55. The van der Waals surface area contributed by atoms with Gasteiger partial charge in [-0.15, -0.1) is 0 Å². The Hall–Kier alpha value is -2.23. The van der Waals surface area contributed by atoms with Crippen LogP contribution < -0.4 is 9.47 Å². The molecule has 0 aromatic heterocycles. The van der Waals surface area contributed by atoms with Crippen LogP contribution >= 0.6 is 11.8 Å². The Morgan fingerprint density at radius 1 is 1.12 bits per heavy atom. The average Bonchev–Trinajstić information content (AvgIpc) is 3.34. The van der Waals surface area contributed by atoms with Gasteiger partial charge in [-0.1, -0.05) is 32.5 Å². The van der Waals surface area contributed by atoms with Crippen molar-refractivity contribution in [3.05, 3.63) is 35.1 Å². The Morgan fingerprint density at radius 3 is 2.54 bits per heavy atom. The normalized spacial score (nSPS) is 30.4. The lowest BCUT2D eigenvalue weighted by Gasteiger charge is -2.52. The molecule has 226 valence electrons. The molecule has 8 nitrogen and oxygen atoms in total. The van der Waals surface area contributed by atoms with Gasteiger partial charge in [-0.2, -0.15) is 0 Å². The summed E-state index contributed by atoms with van der Waals surface area (Å²) in [5.41, 5.74) is 0.0997. The van der Waals surface area contributed by atoms with Crippen molar-refractivity contribution in [2.45, 2.75) is 108 Å². The van der Waals surface area contributed by atoms with E-state index in [4.69, 9.17) is 23.7 Å². The second kappa shape index (κ2) is 11.8. The van der Waals surface area contributed by atoms with Gasteiger partial charge in [-0.3, -0.25) is 9.69 Å². The molecule has 1 aromatic carbocycles. The Balaban J connectivity index is 1.60. The van der Waals surface area contributed by atoms with Crippen molar-refractivity contribution in [3.8, 4) is 11.5 Å². The van der Waals surface area contributed by atoms with E-state index in [9.17, 15) is 9.59 Å². The van der Waals surface area contributed by atoms with E-state index in [0.29, 0.717) is 23.7 Å². The number of rotatable bonds is 8. The lowest BCUT2D eigenvalue weighted by atomic mass is 9.67. The molecule has 0 saturated carbocycles. The number of carbonyl (C=O) groups excluding carboxylic acids is 2. The van der Waals surface area contributed by atoms with Gasteiger partial charge in [-0.05, 0) is 94.0 Å². The minimum atomic E-state index is -1.33. The van der Waals surface area contributed by atoms with Gasteiger partial charge in [0.05, 0.1) is 19.1 Å². The molecule has 0 spiro atoms. The standard InChI is InChI=1S/C32H45NO7S/c1-7-31-15-11-23(36-6)28(39-29(35)32(19-26(34)41-9-3)14-10-13-30(4,5)40-32)27(31)22-18-25-24(37-20-38-25)17-21(22)12-16-33(31)8-2/h11,17-18,27-28H,7-10,12-16,19-20H2,1-6H3/t27?,28?,31?,32-/m0/s1. The molecule has 1 saturated heterocycles. The molecule has 4 atom stereocenters. The third-order valence-corrected chi connectivity index (χ3v) is 10.2. The van der Waals surface area contributed by atoms with Crippen LogP contribution in [0.4, 0.5) is 0 Å². The molecule has 41 heavy (non-hydrogen) atoms. The molecule has 0 bridgehead atoms. The molecule has 1 aromatic rings. The first-order chi connectivity index (χ1) is 19.6. The van der Waals surface area contributed by atoms with E-state index in [1.807, 2.05) is 20.8 Å². The van der Waals surface area contributed by atoms with Crippen LogP contribution in [-0.4, -0.2) is 71.6 Å². The largest absolute Gasteiger partial charge is 0.497 e. The van der Waals surface area contributed by atoms with Crippen molar-refractivity contribution in [3.63, 3.8) is 0 Å². The number of thioether (sulfide) groups is 1. The second-order valence-electron chi connectivity index (χ2n) is 12.2. The van der Waals surface area contributed by atoms with E-state index in [-0.39, 0.29) is 29.8 Å². The third-order valence-electron chi connectivity index (χ3n) is 9.47. The first-order valence-corrected chi connectivity index (χ1v) is 16.1. The van der Waals surface area contributed by atoms with E-state index in [0.717, 1.165) is 56.5 Å². The van der Waals surface area contributed by atoms with Crippen molar-refractivity contribution in [2.75, 3.05) is 32.7 Å². The number of esters is 1. The van der Waals surface area contributed by atoms with Crippen molar-refractivity contribution in [1.29, 1.82) is 0 Å². The van der Waals surface area contributed by atoms with Crippen LogP contribution in [0.3, 0.4) is 0 Å². The molecule has 3 unspecified atom stereocenters. The fourth-order valence-corrected chi connectivity index (χ4v) is 8.21. The van der Waals surface area contributed by atoms with Crippen molar-refractivity contribution >= 4 is 22.8 Å². The highest BCUT2D eigenvalue weighted by atomic mass is 32.2. The minimum Gasteiger partial charge on any atom is -0.497 e. The van der Waals surface area contributed by atoms with Gasteiger partial charge in [0.15, 0.2) is 28.3 Å². The van der Waals surface area contributed by atoms with E-state index < -0.39 is 23.3 Å². The fraction of sp³-hybridized carbons (Fsp3) is 0.688. The van der Waals surface area contributed by atoms with Crippen molar-refractivity contribution in [2.24, 2.45) is 0 Å². The summed E-state index contributed by atoms with van der Waals surface area (Å²) in [6, 6.07) is 4.18. The van der Waals surface area contributed by atoms with Gasteiger partial charge in [-0.25, -0.2) is 4.79 Å². The lowest BCUT2D eigenvalue weighted by molar-refractivity contribution is -0.214. The summed E-state index contributed by atoms with van der Waals surface area (Å²) in [5.74, 6) is 2.06. The zero-order valence-corrected chi connectivity index (χ0v) is 26.2. The summed E-state index contributed by atoms with van der Waals surface area (Å²) in [4.78, 5) is 29.9. The molecule has 0 N–H and O–H groups in total. The Kier molecular flexibility index (Phi) is 8.71. The number of hydrogen-bond acceptors (Lipinski definition) is 9. The summed E-state index contributed by atoms with van der Waals surface area (Å²) in [6.45, 7) is 12.3. The Morgan fingerprint density at radius 2 is 1.88 bits per heavy atom. The number of hydrogen-bond donors (Lipinski definition) is 0. The molecule has 5 rings (SSSR count). The third kappa shape index (κ3) is 5.50. The zero-order valence-electron chi connectivity index (χ0n) is 25.4. The van der Waals surface area contributed by atoms with Crippen LogP contribution in [0.1, 0.15) is 90.2 Å². The van der Waals surface area contributed by atoms with E-state index >= 15 is 0 Å². The molecule has 0 radical (unpaired) electrons.